The van der Waals surface area contributed by atoms with Crippen LogP contribution in [0.25, 0.3) is 0 Å². The number of ether oxygens (including phenoxy) is 1. The molecule has 0 aromatic heterocycles. The summed E-state index contributed by atoms with van der Waals surface area (Å²) in [5.74, 6) is 0.258. The highest BCUT2D eigenvalue weighted by Gasteiger charge is 2.08. The van der Waals surface area contributed by atoms with Gasteiger partial charge in [-0.1, -0.05) is 18.2 Å². The Morgan fingerprint density at radius 3 is 2.39 bits per heavy atom. The molecule has 0 aliphatic rings. The molecule has 0 heterocycles. The molecule has 0 bridgehead atoms. The van der Waals surface area contributed by atoms with Crippen LogP contribution in [0, 0.1) is 6.92 Å². The highest BCUT2D eigenvalue weighted by atomic mass is 16.5. The molecule has 2 N–H and O–H groups in total. The van der Waals surface area contributed by atoms with Gasteiger partial charge in [-0.05, 0) is 49.7 Å². The summed E-state index contributed by atoms with van der Waals surface area (Å²) in [6, 6.07) is 14.3. The van der Waals surface area contributed by atoms with E-state index in [1.54, 1.807) is 30.3 Å². The summed E-state index contributed by atoms with van der Waals surface area (Å²) >= 11 is 0. The molecule has 5 heteroatoms. The van der Waals surface area contributed by atoms with Gasteiger partial charge in [-0.2, -0.15) is 0 Å². The normalized spacial score (nSPS) is 10.0. The van der Waals surface area contributed by atoms with E-state index in [4.69, 9.17) is 4.74 Å². The van der Waals surface area contributed by atoms with Gasteiger partial charge in [0.1, 0.15) is 5.75 Å². The van der Waals surface area contributed by atoms with E-state index in [2.05, 4.69) is 10.6 Å². The lowest BCUT2D eigenvalue weighted by Crippen LogP contribution is -2.28. The van der Waals surface area contributed by atoms with E-state index >= 15 is 0 Å². The highest BCUT2D eigenvalue weighted by molar-refractivity contribution is 6.05. The van der Waals surface area contributed by atoms with Crippen LogP contribution in [0.3, 0.4) is 0 Å². The summed E-state index contributed by atoms with van der Waals surface area (Å²) in [6.07, 6.45) is 0. The molecule has 120 valence electrons. The first-order chi connectivity index (χ1) is 11.1. The van der Waals surface area contributed by atoms with E-state index in [1.807, 2.05) is 32.0 Å². The van der Waals surface area contributed by atoms with Gasteiger partial charge in [0.05, 0.1) is 0 Å². The second-order valence-electron chi connectivity index (χ2n) is 5.04. The Hall–Kier alpha value is -2.82. The third-order valence-electron chi connectivity index (χ3n) is 3.25. The number of aryl methyl sites for hydroxylation is 1. The molecule has 0 saturated carbocycles. The molecule has 0 unspecified atom stereocenters. The van der Waals surface area contributed by atoms with Crippen LogP contribution in [0.1, 0.15) is 22.8 Å². The van der Waals surface area contributed by atoms with Gasteiger partial charge in [-0.3, -0.25) is 9.59 Å². The summed E-state index contributed by atoms with van der Waals surface area (Å²) < 4.78 is 5.36. The number of anilines is 1. The van der Waals surface area contributed by atoms with Gasteiger partial charge in [-0.15, -0.1) is 0 Å². The van der Waals surface area contributed by atoms with Gasteiger partial charge in [0.15, 0.2) is 6.61 Å². The van der Waals surface area contributed by atoms with Crippen LogP contribution in [0.2, 0.25) is 0 Å². The van der Waals surface area contributed by atoms with Crippen molar-refractivity contribution in [1.82, 2.24) is 5.32 Å². The molecular formula is C18H20N2O3. The lowest BCUT2D eigenvalue weighted by atomic mass is 10.1. The van der Waals surface area contributed by atoms with Gasteiger partial charge < -0.3 is 15.4 Å². The second-order valence-corrected chi connectivity index (χ2v) is 5.04. The Balaban J connectivity index is 1.93. The highest BCUT2D eigenvalue weighted by Crippen LogP contribution is 2.17. The Labute approximate surface area is 135 Å². The lowest BCUT2D eigenvalue weighted by molar-refractivity contribution is -0.122. The molecule has 0 aliphatic heterocycles. The summed E-state index contributed by atoms with van der Waals surface area (Å²) in [5, 5.41) is 5.49. The smallest absolute Gasteiger partial charge is 0.257 e. The molecule has 0 saturated heterocycles. The number of likely N-dealkylation sites (N-methyl/N-ethyl adjacent to an activating group) is 1. The number of carbonyl (C=O) groups is 2. The Morgan fingerprint density at radius 1 is 1.04 bits per heavy atom. The van der Waals surface area contributed by atoms with Crippen LogP contribution in [-0.2, 0) is 4.79 Å². The molecule has 2 aromatic rings. The average Bonchev–Trinajstić information content (AvgIpc) is 2.55. The van der Waals surface area contributed by atoms with Crippen molar-refractivity contribution in [2.75, 3.05) is 18.5 Å². The molecule has 23 heavy (non-hydrogen) atoms. The molecule has 0 spiro atoms. The van der Waals surface area contributed by atoms with Crippen molar-refractivity contribution in [3.63, 3.8) is 0 Å². The summed E-state index contributed by atoms with van der Waals surface area (Å²) in [4.78, 5) is 23.5. The lowest BCUT2D eigenvalue weighted by Gasteiger charge is -2.09. The fourth-order valence-corrected chi connectivity index (χ4v) is 2.06. The molecule has 0 radical (unpaired) electrons. The maximum absolute atomic E-state index is 12.2. The van der Waals surface area contributed by atoms with Crippen molar-refractivity contribution in [1.29, 1.82) is 0 Å². The molecule has 0 fully saturated rings. The zero-order valence-electron chi connectivity index (χ0n) is 13.3. The fraction of sp³-hybridized carbons (Fsp3) is 0.222. The van der Waals surface area contributed by atoms with Crippen LogP contribution >= 0.6 is 0 Å². The van der Waals surface area contributed by atoms with Crippen molar-refractivity contribution in [3.05, 3.63) is 59.7 Å². The molecule has 0 atom stereocenters. The van der Waals surface area contributed by atoms with E-state index in [0.717, 1.165) is 5.56 Å². The maximum atomic E-state index is 12.2. The van der Waals surface area contributed by atoms with Crippen LogP contribution in [0.15, 0.2) is 48.5 Å². The molecule has 2 rings (SSSR count). The predicted octanol–water partition coefficient (Wildman–Crippen LogP) is 2.76. The van der Waals surface area contributed by atoms with Crippen LogP contribution in [0.5, 0.6) is 5.75 Å². The summed E-state index contributed by atoms with van der Waals surface area (Å²) in [7, 11) is 0. The first-order valence-corrected chi connectivity index (χ1v) is 7.46. The van der Waals surface area contributed by atoms with Crippen LogP contribution in [0.4, 0.5) is 5.69 Å². The molecule has 0 aliphatic carbocycles. The first kappa shape index (κ1) is 16.5. The SMILES string of the molecule is CCNC(=O)COc1ccc(NC(=O)c2ccccc2C)cc1. The predicted molar refractivity (Wildman–Crippen MR) is 89.8 cm³/mol. The second kappa shape index (κ2) is 7.98. The Morgan fingerprint density at radius 2 is 1.74 bits per heavy atom. The minimum absolute atomic E-state index is 0.0250. The third kappa shape index (κ3) is 4.85. The minimum Gasteiger partial charge on any atom is -0.484 e. The number of benzene rings is 2. The van der Waals surface area contributed by atoms with Gasteiger partial charge in [0, 0.05) is 17.8 Å². The Bertz CT molecular complexity index is 681. The standard InChI is InChI=1S/C18H20N2O3/c1-3-19-17(21)12-23-15-10-8-14(9-11-15)20-18(22)16-7-5-4-6-13(16)2/h4-11H,3,12H2,1-2H3,(H,19,21)(H,20,22). The monoisotopic (exact) mass is 312 g/mol. The van der Waals surface area contributed by atoms with E-state index in [-0.39, 0.29) is 18.4 Å². The van der Waals surface area contributed by atoms with E-state index < -0.39 is 0 Å². The quantitative estimate of drug-likeness (QED) is 0.862. The van der Waals surface area contributed by atoms with E-state index in [1.165, 1.54) is 0 Å². The zero-order chi connectivity index (χ0) is 16.7. The van der Waals surface area contributed by atoms with Crippen molar-refractivity contribution in [2.45, 2.75) is 13.8 Å². The number of hydrogen-bond acceptors (Lipinski definition) is 3. The molecule has 2 aromatic carbocycles. The van der Waals surface area contributed by atoms with Crippen LogP contribution < -0.4 is 15.4 Å². The maximum Gasteiger partial charge on any atom is 0.257 e. The first-order valence-electron chi connectivity index (χ1n) is 7.46. The number of amides is 2. The number of nitrogens with one attached hydrogen (secondary N) is 2. The van der Waals surface area contributed by atoms with Gasteiger partial charge in [0.25, 0.3) is 11.8 Å². The topological polar surface area (TPSA) is 67.4 Å². The largest absolute Gasteiger partial charge is 0.484 e. The van der Waals surface area contributed by atoms with E-state index in [9.17, 15) is 9.59 Å². The molecular weight excluding hydrogens is 292 g/mol. The van der Waals surface area contributed by atoms with Gasteiger partial charge in [0.2, 0.25) is 0 Å². The average molecular weight is 312 g/mol. The zero-order valence-corrected chi connectivity index (χ0v) is 13.3. The summed E-state index contributed by atoms with van der Waals surface area (Å²) in [6.45, 7) is 4.30. The minimum atomic E-state index is -0.163. The third-order valence-corrected chi connectivity index (χ3v) is 3.25. The summed E-state index contributed by atoms with van der Waals surface area (Å²) in [5.41, 5.74) is 2.24. The number of rotatable bonds is 6. The van der Waals surface area contributed by atoms with Gasteiger partial charge >= 0.3 is 0 Å². The van der Waals surface area contributed by atoms with Crippen molar-refractivity contribution < 1.29 is 14.3 Å². The number of carbonyl (C=O) groups excluding carboxylic acids is 2. The molecule has 5 nitrogen and oxygen atoms in total. The van der Waals surface area contributed by atoms with Gasteiger partial charge in [-0.25, -0.2) is 0 Å². The van der Waals surface area contributed by atoms with E-state index in [0.29, 0.717) is 23.5 Å². The number of hydrogen-bond donors (Lipinski definition) is 2. The van der Waals surface area contributed by atoms with Crippen molar-refractivity contribution in [2.24, 2.45) is 0 Å². The molecule has 2 amide bonds. The van der Waals surface area contributed by atoms with Crippen molar-refractivity contribution >= 4 is 17.5 Å². The van der Waals surface area contributed by atoms with Crippen molar-refractivity contribution in [3.8, 4) is 5.75 Å². The van der Waals surface area contributed by atoms with Crippen LogP contribution in [-0.4, -0.2) is 25.0 Å². The fourth-order valence-electron chi connectivity index (χ4n) is 2.06. The Kier molecular flexibility index (Phi) is 5.74.